The Kier molecular flexibility index (Phi) is 4.07. The second-order valence-electron chi connectivity index (χ2n) is 4.57. The van der Waals surface area contributed by atoms with Crippen LogP contribution in [0, 0.1) is 11.6 Å². The lowest BCUT2D eigenvalue weighted by Gasteiger charge is -2.16. The lowest BCUT2D eigenvalue weighted by atomic mass is 10.00. The molecule has 2 nitrogen and oxygen atoms in total. The van der Waals surface area contributed by atoms with Crippen molar-refractivity contribution in [3.63, 3.8) is 0 Å². The van der Waals surface area contributed by atoms with E-state index in [0.717, 1.165) is 31.6 Å². The molecule has 2 rings (SSSR count). The zero-order valence-electron chi connectivity index (χ0n) is 9.66. The van der Waals surface area contributed by atoms with Gasteiger partial charge in [0, 0.05) is 12.6 Å². The third kappa shape index (κ3) is 3.48. The summed E-state index contributed by atoms with van der Waals surface area (Å²) in [5.74, 6) is -0.820. The van der Waals surface area contributed by atoms with Crippen molar-refractivity contribution in [1.82, 2.24) is 0 Å². The first-order valence-corrected chi connectivity index (χ1v) is 5.96. The minimum absolute atomic E-state index is 0.182. The summed E-state index contributed by atoms with van der Waals surface area (Å²) in [6.07, 6.45) is 3.31. The largest absolute Gasteiger partial charge is 0.378 e. The molecule has 94 valence electrons. The van der Waals surface area contributed by atoms with E-state index in [4.69, 9.17) is 10.5 Å². The van der Waals surface area contributed by atoms with Crippen LogP contribution in [0.1, 0.15) is 24.8 Å². The second kappa shape index (κ2) is 5.56. The van der Waals surface area contributed by atoms with Crippen molar-refractivity contribution < 1.29 is 13.5 Å². The predicted molar refractivity (Wildman–Crippen MR) is 61.6 cm³/mol. The van der Waals surface area contributed by atoms with Crippen molar-refractivity contribution in [1.29, 1.82) is 0 Å². The van der Waals surface area contributed by atoms with E-state index in [1.807, 2.05) is 0 Å². The normalized spacial score (nSPS) is 21.7. The van der Waals surface area contributed by atoms with Crippen molar-refractivity contribution >= 4 is 0 Å². The molecule has 1 heterocycles. The molecular formula is C13H17F2NO. The van der Waals surface area contributed by atoms with E-state index in [2.05, 4.69) is 0 Å². The summed E-state index contributed by atoms with van der Waals surface area (Å²) in [4.78, 5) is 0. The molecule has 0 aliphatic carbocycles. The highest BCUT2D eigenvalue weighted by molar-refractivity contribution is 5.19. The van der Waals surface area contributed by atoms with Crippen LogP contribution in [-0.2, 0) is 11.2 Å². The fourth-order valence-corrected chi connectivity index (χ4v) is 2.23. The summed E-state index contributed by atoms with van der Waals surface area (Å²) in [5, 5.41) is 0. The number of rotatable bonds is 4. The minimum Gasteiger partial charge on any atom is -0.378 e. The molecule has 0 bridgehead atoms. The third-order valence-corrected chi connectivity index (χ3v) is 3.08. The Balaban J connectivity index is 1.92. The molecule has 2 atom stereocenters. The number of ether oxygens (including phenoxy) is 1. The molecular weight excluding hydrogens is 224 g/mol. The first kappa shape index (κ1) is 12.5. The lowest BCUT2D eigenvalue weighted by Crippen LogP contribution is -2.28. The number of hydrogen-bond acceptors (Lipinski definition) is 2. The molecule has 0 aromatic heterocycles. The molecule has 2 unspecified atom stereocenters. The van der Waals surface area contributed by atoms with Gasteiger partial charge >= 0.3 is 0 Å². The quantitative estimate of drug-likeness (QED) is 0.878. The molecule has 1 aliphatic rings. The highest BCUT2D eigenvalue weighted by Crippen LogP contribution is 2.19. The SMILES string of the molecule is NC(Cc1cc(F)ccc1F)CC1CCCO1. The Morgan fingerprint density at radius 2 is 2.24 bits per heavy atom. The van der Waals surface area contributed by atoms with Crippen molar-refractivity contribution in [3.05, 3.63) is 35.4 Å². The van der Waals surface area contributed by atoms with Gasteiger partial charge < -0.3 is 10.5 Å². The second-order valence-corrected chi connectivity index (χ2v) is 4.57. The van der Waals surface area contributed by atoms with Crippen molar-refractivity contribution in [2.75, 3.05) is 6.61 Å². The van der Waals surface area contributed by atoms with Gasteiger partial charge in [-0.2, -0.15) is 0 Å². The average Bonchev–Trinajstić information content (AvgIpc) is 2.76. The van der Waals surface area contributed by atoms with E-state index in [1.165, 1.54) is 6.07 Å². The number of hydrogen-bond donors (Lipinski definition) is 1. The summed E-state index contributed by atoms with van der Waals surface area (Å²) in [5.41, 5.74) is 6.28. The van der Waals surface area contributed by atoms with E-state index >= 15 is 0 Å². The molecule has 0 radical (unpaired) electrons. The van der Waals surface area contributed by atoms with Crippen molar-refractivity contribution in [3.8, 4) is 0 Å². The Morgan fingerprint density at radius 1 is 1.41 bits per heavy atom. The smallest absolute Gasteiger partial charge is 0.126 e. The third-order valence-electron chi connectivity index (χ3n) is 3.08. The van der Waals surface area contributed by atoms with Gasteiger partial charge in [-0.1, -0.05) is 0 Å². The standard InChI is InChI=1S/C13H17F2NO/c14-10-3-4-13(15)9(6-10)7-11(16)8-12-2-1-5-17-12/h3-4,6,11-12H,1-2,5,7-8,16H2. The van der Waals surface area contributed by atoms with Crippen molar-refractivity contribution in [2.24, 2.45) is 5.73 Å². The van der Waals surface area contributed by atoms with E-state index in [0.29, 0.717) is 18.4 Å². The van der Waals surface area contributed by atoms with Crippen LogP contribution >= 0.6 is 0 Å². The molecule has 0 spiro atoms. The van der Waals surface area contributed by atoms with Gasteiger partial charge in [0.25, 0.3) is 0 Å². The van der Waals surface area contributed by atoms with Gasteiger partial charge in [0.2, 0.25) is 0 Å². The molecule has 4 heteroatoms. The van der Waals surface area contributed by atoms with Gasteiger partial charge in [-0.05, 0) is 49.4 Å². The Bertz CT molecular complexity index is 378. The Hall–Kier alpha value is -1.00. The maximum atomic E-state index is 13.4. The van der Waals surface area contributed by atoms with Crippen LogP contribution in [0.2, 0.25) is 0 Å². The van der Waals surface area contributed by atoms with Gasteiger partial charge in [0.15, 0.2) is 0 Å². The van der Waals surface area contributed by atoms with Crippen LogP contribution in [0.25, 0.3) is 0 Å². The summed E-state index contributed by atoms with van der Waals surface area (Å²) < 4.78 is 31.8. The lowest BCUT2D eigenvalue weighted by molar-refractivity contribution is 0.0982. The first-order valence-electron chi connectivity index (χ1n) is 5.96. The predicted octanol–water partition coefficient (Wildman–Crippen LogP) is 2.40. The molecule has 0 amide bonds. The van der Waals surface area contributed by atoms with Gasteiger partial charge in [-0.3, -0.25) is 0 Å². The molecule has 17 heavy (non-hydrogen) atoms. The number of nitrogens with two attached hydrogens (primary N) is 1. The van der Waals surface area contributed by atoms with Crippen LogP contribution in [0.4, 0.5) is 8.78 Å². The summed E-state index contributed by atoms with van der Waals surface area (Å²) >= 11 is 0. The number of halogens is 2. The summed E-state index contributed by atoms with van der Waals surface area (Å²) in [6.45, 7) is 0.783. The monoisotopic (exact) mass is 241 g/mol. The average molecular weight is 241 g/mol. The maximum absolute atomic E-state index is 13.4. The van der Waals surface area contributed by atoms with Gasteiger partial charge in [-0.15, -0.1) is 0 Å². The van der Waals surface area contributed by atoms with Gasteiger partial charge in [-0.25, -0.2) is 8.78 Å². The van der Waals surface area contributed by atoms with Crippen LogP contribution in [0.5, 0.6) is 0 Å². The van der Waals surface area contributed by atoms with E-state index in [1.54, 1.807) is 0 Å². The van der Waals surface area contributed by atoms with E-state index in [-0.39, 0.29) is 12.1 Å². The van der Waals surface area contributed by atoms with Crippen molar-refractivity contribution in [2.45, 2.75) is 37.8 Å². The van der Waals surface area contributed by atoms with E-state index in [9.17, 15) is 8.78 Å². The van der Waals surface area contributed by atoms with Gasteiger partial charge in [0.05, 0.1) is 6.10 Å². The molecule has 1 aromatic rings. The fourth-order valence-electron chi connectivity index (χ4n) is 2.23. The zero-order chi connectivity index (χ0) is 12.3. The Morgan fingerprint density at radius 3 is 2.94 bits per heavy atom. The molecule has 2 N–H and O–H groups in total. The topological polar surface area (TPSA) is 35.2 Å². The summed E-state index contributed by atoms with van der Waals surface area (Å²) in [7, 11) is 0. The Labute approximate surface area is 99.8 Å². The van der Waals surface area contributed by atoms with Crippen LogP contribution in [0.15, 0.2) is 18.2 Å². The minimum atomic E-state index is -0.425. The summed E-state index contributed by atoms with van der Waals surface area (Å²) in [6, 6.07) is 3.29. The molecule has 1 saturated heterocycles. The highest BCUT2D eigenvalue weighted by Gasteiger charge is 2.19. The van der Waals surface area contributed by atoms with Gasteiger partial charge in [0.1, 0.15) is 11.6 Å². The zero-order valence-corrected chi connectivity index (χ0v) is 9.66. The van der Waals surface area contributed by atoms with Crippen LogP contribution < -0.4 is 5.73 Å². The molecule has 1 aromatic carbocycles. The molecule has 1 fully saturated rings. The highest BCUT2D eigenvalue weighted by atomic mass is 19.1. The molecule has 1 aliphatic heterocycles. The van der Waals surface area contributed by atoms with E-state index < -0.39 is 11.6 Å². The first-order chi connectivity index (χ1) is 8.15. The van der Waals surface area contributed by atoms with Crippen LogP contribution in [-0.4, -0.2) is 18.8 Å². The number of benzene rings is 1. The molecule has 0 saturated carbocycles. The van der Waals surface area contributed by atoms with Crippen LogP contribution in [0.3, 0.4) is 0 Å². The maximum Gasteiger partial charge on any atom is 0.126 e. The fraction of sp³-hybridized carbons (Fsp3) is 0.538.